The number of carbonyl (C=O) groups is 1. The van der Waals surface area contributed by atoms with E-state index in [1.54, 1.807) is 17.9 Å². The summed E-state index contributed by atoms with van der Waals surface area (Å²) < 4.78 is 1.61. The average molecular weight is 357 g/mol. The lowest BCUT2D eigenvalue weighted by Gasteiger charge is -2.09. The fourth-order valence-electron chi connectivity index (χ4n) is 2.80. The molecular formula is C23H23N3O. The van der Waals surface area contributed by atoms with E-state index in [0.29, 0.717) is 11.3 Å². The number of aryl methyl sites for hydroxylation is 1. The van der Waals surface area contributed by atoms with Crippen molar-refractivity contribution < 1.29 is 4.79 Å². The molecular weight excluding hydrogens is 334 g/mol. The van der Waals surface area contributed by atoms with Crippen LogP contribution >= 0.6 is 0 Å². The fraction of sp³-hybridized carbons (Fsp3) is 0.217. The zero-order valence-electron chi connectivity index (χ0n) is 16.1. The molecule has 4 heteroatoms. The van der Waals surface area contributed by atoms with Gasteiger partial charge in [-0.25, -0.2) is 0 Å². The Balaban J connectivity index is 2.05. The summed E-state index contributed by atoms with van der Waals surface area (Å²) in [5.74, 6) is 5.97. The topological polar surface area (TPSA) is 60.9 Å². The number of hydrogen-bond acceptors (Lipinski definition) is 2. The van der Waals surface area contributed by atoms with E-state index in [0.717, 1.165) is 22.3 Å². The second-order valence-corrected chi connectivity index (χ2v) is 7.55. The van der Waals surface area contributed by atoms with Crippen molar-refractivity contribution in [1.82, 2.24) is 9.78 Å². The molecule has 1 aromatic heterocycles. The largest absolute Gasteiger partial charge is 0.365 e. The number of carbonyl (C=O) groups excluding carboxylic acids is 1. The summed E-state index contributed by atoms with van der Waals surface area (Å²) in [4.78, 5) is 11.8. The quantitative estimate of drug-likeness (QED) is 0.712. The molecule has 0 saturated heterocycles. The first-order valence-corrected chi connectivity index (χ1v) is 8.81. The lowest BCUT2D eigenvalue weighted by molar-refractivity contribution is 0.100. The lowest BCUT2D eigenvalue weighted by atomic mass is 9.94. The molecule has 3 aromatic rings. The molecule has 0 aliphatic rings. The number of aromatic nitrogens is 2. The highest BCUT2D eigenvalue weighted by Gasteiger charge is 2.17. The maximum atomic E-state index is 11.8. The van der Waals surface area contributed by atoms with Crippen LogP contribution in [0.2, 0.25) is 0 Å². The van der Waals surface area contributed by atoms with Crippen molar-refractivity contribution in [3.63, 3.8) is 0 Å². The molecule has 136 valence electrons. The minimum Gasteiger partial charge on any atom is -0.365 e. The molecule has 1 heterocycles. The maximum Gasteiger partial charge on any atom is 0.252 e. The second kappa shape index (κ2) is 7.13. The molecule has 2 N–H and O–H groups in total. The van der Waals surface area contributed by atoms with Crippen molar-refractivity contribution in [3.8, 4) is 34.2 Å². The van der Waals surface area contributed by atoms with Crippen molar-refractivity contribution in [2.45, 2.75) is 20.8 Å². The number of amides is 1. The van der Waals surface area contributed by atoms with Crippen LogP contribution in [0.15, 0.2) is 54.7 Å². The molecule has 2 aromatic carbocycles. The molecule has 0 aliphatic carbocycles. The summed E-state index contributed by atoms with van der Waals surface area (Å²) in [6.07, 6.45) is 1.65. The summed E-state index contributed by atoms with van der Waals surface area (Å²) in [7, 11) is 1.78. The first-order valence-electron chi connectivity index (χ1n) is 8.81. The van der Waals surface area contributed by atoms with E-state index in [2.05, 4.69) is 37.7 Å². The Kier molecular flexibility index (Phi) is 4.87. The number of primary amides is 1. The van der Waals surface area contributed by atoms with Crippen LogP contribution in [-0.2, 0) is 7.05 Å². The molecule has 0 atom stereocenters. The molecule has 0 aliphatic heterocycles. The summed E-state index contributed by atoms with van der Waals surface area (Å²) >= 11 is 0. The van der Waals surface area contributed by atoms with Gasteiger partial charge in [-0.2, -0.15) is 5.10 Å². The average Bonchev–Trinajstić information content (AvgIpc) is 3.02. The third kappa shape index (κ3) is 4.27. The standard InChI is InChI=1S/C23H23N3O/c1-23(2,3)14-13-16-9-11-17(12-10-16)18-7-5-6-8-19(18)21-20(22(24)27)15-26(4)25-21/h5-12,15H,1-4H3,(H2,24,27). The van der Waals surface area contributed by atoms with Gasteiger partial charge in [0, 0.05) is 29.8 Å². The third-order valence-electron chi connectivity index (χ3n) is 4.05. The van der Waals surface area contributed by atoms with E-state index in [1.807, 2.05) is 48.5 Å². The van der Waals surface area contributed by atoms with Crippen LogP contribution < -0.4 is 5.73 Å². The van der Waals surface area contributed by atoms with Crippen molar-refractivity contribution in [2.24, 2.45) is 18.2 Å². The van der Waals surface area contributed by atoms with E-state index in [9.17, 15) is 4.79 Å². The molecule has 4 nitrogen and oxygen atoms in total. The zero-order chi connectivity index (χ0) is 19.6. The van der Waals surface area contributed by atoms with Gasteiger partial charge in [-0.1, -0.05) is 48.2 Å². The Hall–Kier alpha value is -3.32. The Morgan fingerprint density at radius 3 is 2.26 bits per heavy atom. The molecule has 0 radical (unpaired) electrons. The van der Waals surface area contributed by atoms with Gasteiger partial charge in [-0.15, -0.1) is 0 Å². The molecule has 0 unspecified atom stereocenters. The number of rotatable bonds is 3. The minimum absolute atomic E-state index is 0.0323. The van der Waals surface area contributed by atoms with Crippen LogP contribution in [0, 0.1) is 17.3 Å². The molecule has 0 bridgehead atoms. The van der Waals surface area contributed by atoms with Gasteiger partial charge in [-0.3, -0.25) is 9.48 Å². The van der Waals surface area contributed by atoms with Crippen LogP contribution in [0.25, 0.3) is 22.4 Å². The van der Waals surface area contributed by atoms with Gasteiger partial charge >= 0.3 is 0 Å². The summed E-state index contributed by atoms with van der Waals surface area (Å²) in [6, 6.07) is 16.0. The normalized spacial score (nSPS) is 11.0. The zero-order valence-corrected chi connectivity index (χ0v) is 16.1. The van der Waals surface area contributed by atoms with Crippen LogP contribution in [0.1, 0.15) is 36.7 Å². The minimum atomic E-state index is -0.485. The third-order valence-corrected chi connectivity index (χ3v) is 4.05. The highest BCUT2D eigenvalue weighted by molar-refractivity contribution is 6.00. The van der Waals surface area contributed by atoms with E-state index in [-0.39, 0.29) is 5.41 Å². The Morgan fingerprint density at radius 2 is 1.67 bits per heavy atom. The van der Waals surface area contributed by atoms with Gasteiger partial charge in [-0.05, 0) is 44.0 Å². The molecule has 0 fully saturated rings. The first kappa shape index (κ1) is 18.5. The van der Waals surface area contributed by atoms with Crippen LogP contribution in [0.5, 0.6) is 0 Å². The van der Waals surface area contributed by atoms with Crippen LogP contribution in [0.3, 0.4) is 0 Å². The van der Waals surface area contributed by atoms with Crippen LogP contribution in [0.4, 0.5) is 0 Å². The fourth-order valence-corrected chi connectivity index (χ4v) is 2.80. The number of nitrogens with two attached hydrogens (primary N) is 1. The number of hydrogen-bond donors (Lipinski definition) is 1. The number of nitrogens with zero attached hydrogens (tertiary/aromatic N) is 2. The first-order chi connectivity index (χ1) is 12.7. The number of benzene rings is 2. The van der Waals surface area contributed by atoms with Crippen molar-refractivity contribution in [3.05, 3.63) is 65.9 Å². The van der Waals surface area contributed by atoms with Gasteiger partial charge in [0.2, 0.25) is 0 Å². The Bertz CT molecular complexity index is 1040. The molecule has 0 saturated carbocycles. The van der Waals surface area contributed by atoms with E-state index >= 15 is 0 Å². The predicted octanol–water partition coefficient (Wildman–Crippen LogP) is 4.25. The van der Waals surface area contributed by atoms with E-state index < -0.39 is 5.91 Å². The smallest absolute Gasteiger partial charge is 0.252 e. The monoisotopic (exact) mass is 357 g/mol. The van der Waals surface area contributed by atoms with E-state index in [4.69, 9.17) is 5.73 Å². The van der Waals surface area contributed by atoms with E-state index in [1.165, 1.54) is 0 Å². The van der Waals surface area contributed by atoms with Gasteiger partial charge in [0.05, 0.1) is 5.56 Å². The summed E-state index contributed by atoms with van der Waals surface area (Å²) in [5.41, 5.74) is 10.4. The molecule has 27 heavy (non-hydrogen) atoms. The maximum absolute atomic E-state index is 11.8. The van der Waals surface area contributed by atoms with Crippen LogP contribution in [-0.4, -0.2) is 15.7 Å². The second-order valence-electron chi connectivity index (χ2n) is 7.55. The lowest BCUT2D eigenvalue weighted by Crippen LogP contribution is -2.11. The molecule has 1 amide bonds. The molecule has 0 spiro atoms. The van der Waals surface area contributed by atoms with Crippen molar-refractivity contribution >= 4 is 5.91 Å². The van der Waals surface area contributed by atoms with Gasteiger partial charge in [0.1, 0.15) is 5.69 Å². The molecule has 3 rings (SSSR count). The Labute approximate surface area is 160 Å². The Morgan fingerprint density at radius 1 is 1.04 bits per heavy atom. The predicted molar refractivity (Wildman–Crippen MR) is 109 cm³/mol. The van der Waals surface area contributed by atoms with Crippen molar-refractivity contribution in [2.75, 3.05) is 0 Å². The van der Waals surface area contributed by atoms with Gasteiger partial charge in [0.15, 0.2) is 0 Å². The van der Waals surface area contributed by atoms with Gasteiger partial charge in [0.25, 0.3) is 5.91 Å². The summed E-state index contributed by atoms with van der Waals surface area (Å²) in [6.45, 7) is 6.27. The highest BCUT2D eigenvalue weighted by atomic mass is 16.1. The highest BCUT2D eigenvalue weighted by Crippen LogP contribution is 2.33. The summed E-state index contributed by atoms with van der Waals surface area (Å²) in [5, 5.41) is 4.46. The SMILES string of the molecule is Cn1cc(C(N)=O)c(-c2ccccc2-c2ccc(C#CC(C)(C)C)cc2)n1. The van der Waals surface area contributed by atoms with Crippen molar-refractivity contribution in [1.29, 1.82) is 0 Å². The van der Waals surface area contributed by atoms with Gasteiger partial charge < -0.3 is 5.73 Å².